The molecule has 1 aromatic carbocycles. The fourth-order valence-electron chi connectivity index (χ4n) is 2.20. The van der Waals surface area contributed by atoms with E-state index in [1.165, 1.54) is 0 Å². The number of aromatic nitrogens is 2. The average molecular weight is 286 g/mol. The van der Waals surface area contributed by atoms with Crippen LogP contribution in [0.1, 0.15) is 23.9 Å². The summed E-state index contributed by atoms with van der Waals surface area (Å²) in [7, 11) is 0. The molecule has 112 valence electrons. The minimum Gasteiger partial charge on any atom is -0.324 e. The molecule has 0 saturated carbocycles. The Labute approximate surface area is 125 Å². The van der Waals surface area contributed by atoms with Gasteiger partial charge in [-0.2, -0.15) is 5.10 Å². The highest BCUT2D eigenvalue weighted by Crippen LogP contribution is 2.11. The summed E-state index contributed by atoms with van der Waals surface area (Å²) >= 11 is 0. The second kappa shape index (κ2) is 7.04. The number of carbonyl (C=O) groups is 1. The van der Waals surface area contributed by atoms with E-state index in [1.807, 2.05) is 44.2 Å². The fraction of sp³-hybridized carbons (Fsp3) is 0.375. The van der Waals surface area contributed by atoms with Gasteiger partial charge in [-0.1, -0.05) is 19.1 Å². The molecule has 0 aliphatic rings. The lowest BCUT2D eigenvalue weighted by Gasteiger charge is -2.09. The molecule has 2 rings (SSSR count). The van der Waals surface area contributed by atoms with Crippen LogP contribution in [0.5, 0.6) is 0 Å². The smallest absolute Gasteiger partial charge is 0.246 e. The Hall–Kier alpha value is -2.14. The van der Waals surface area contributed by atoms with Gasteiger partial charge in [0.2, 0.25) is 5.91 Å². The van der Waals surface area contributed by atoms with Crippen LogP contribution in [-0.4, -0.2) is 22.2 Å². The van der Waals surface area contributed by atoms with Crippen LogP contribution in [0.3, 0.4) is 0 Å². The van der Waals surface area contributed by atoms with Crippen molar-refractivity contribution in [2.24, 2.45) is 0 Å². The Balaban J connectivity index is 1.97. The molecule has 0 fully saturated rings. The van der Waals surface area contributed by atoms with E-state index in [4.69, 9.17) is 0 Å². The maximum Gasteiger partial charge on any atom is 0.246 e. The predicted molar refractivity (Wildman–Crippen MR) is 84.2 cm³/mol. The number of hydrogen-bond donors (Lipinski definition) is 2. The van der Waals surface area contributed by atoms with Crippen molar-refractivity contribution in [2.45, 2.75) is 33.9 Å². The number of amides is 1. The normalized spacial score (nSPS) is 10.6. The van der Waals surface area contributed by atoms with Gasteiger partial charge in [-0.25, -0.2) is 0 Å². The molecule has 0 aliphatic heterocycles. The average Bonchev–Trinajstić information content (AvgIpc) is 2.75. The summed E-state index contributed by atoms with van der Waals surface area (Å²) in [4.78, 5) is 12.1. The SMILES string of the molecule is CCNCc1cccc(NC(=O)Cn2nc(C)cc2C)c1. The molecular weight excluding hydrogens is 264 g/mol. The topological polar surface area (TPSA) is 58.9 Å². The third-order valence-electron chi connectivity index (χ3n) is 3.19. The first-order valence-electron chi connectivity index (χ1n) is 7.19. The second-order valence-corrected chi connectivity index (χ2v) is 5.11. The summed E-state index contributed by atoms with van der Waals surface area (Å²) in [5.41, 5.74) is 3.88. The van der Waals surface area contributed by atoms with E-state index in [9.17, 15) is 4.79 Å². The maximum atomic E-state index is 12.1. The molecule has 1 amide bonds. The van der Waals surface area contributed by atoms with Gasteiger partial charge in [0.15, 0.2) is 0 Å². The van der Waals surface area contributed by atoms with E-state index in [1.54, 1.807) is 4.68 Å². The maximum absolute atomic E-state index is 12.1. The molecule has 0 atom stereocenters. The highest BCUT2D eigenvalue weighted by Gasteiger charge is 2.07. The molecule has 2 N–H and O–H groups in total. The van der Waals surface area contributed by atoms with Gasteiger partial charge in [0.25, 0.3) is 0 Å². The predicted octanol–water partition coefficient (Wildman–Crippen LogP) is 2.25. The highest BCUT2D eigenvalue weighted by atomic mass is 16.2. The number of anilines is 1. The van der Waals surface area contributed by atoms with Crippen LogP contribution < -0.4 is 10.6 Å². The van der Waals surface area contributed by atoms with E-state index < -0.39 is 0 Å². The standard InChI is InChI=1S/C16H22N4O/c1-4-17-10-14-6-5-7-15(9-14)18-16(21)11-20-13(3)8-12(2)19-20/h5-9,17H,4,10-11H2,1-3H3,(H,18,21). The summed E-state index contributed by atoms with van der Waals surface area (Å²) < 4.78 is 1.72. The van der Waals surface area contributed by atoms with Crippen molar-refractivity contribution in [3.05, 3.63) is 47.3 Å². The monoisotopic (exact) mass is 286 g/mol. The first-order chi connectivity index (χ1) is 10.1. The van der Waals surface area contributed by atoms with Crippen molar-refractivity contribution in [3.63, 3.8) is 0 Å². The number of benzene rings is 1. The number of nitrogens with zero attached hydrogens (tertiary/aromatic N) is 2. The number of aryl methyl sites for hydroxylation is 2. The second-order valence-electron chi connectivity index (χ2n) is 5.11. The molecule has 1 aromatic heterocycles. The Morgan fingerprint density at radius 1 is 1.29 bits per heavy atom. The first-order valence-corrected chi connectivity index (χ1v) is 7.19. The van der Waals surface area contributed by atoms with E-state index in [2.05, 4.69) is 22.7 Å². The Kier molecular flexibility index (Phi) is 5.11. The molecule has 0 aliphatic carbocycles. The summed E-state index contributed by atoms with van der Waals surface area (Å²) in [6, 6.07) is 9.84. The zero-order valence-corrected chi connectivity index (χ0v) is 12.8. The first kappa shape index (κ1) is 15.3. The van der Waals surface area contributed by atoms with Crippen LogP contribution in [0.2, 0.25) is 0 Å². The van der Waals surface area contributed by atoms with Crippen LogP contribution in [-0.2, 0) is 17.9 Å². The molecule has 0 unspecified atom stereocenters. The van der Waals surface area contributed by atoms with Crippen LogP contribution >= 0.6 is 0 Å². The Bertz CT molecular complexity index is 618. The third-order valence-corrected chi connectivity index (χ3v) is 3.19. The highest BCUT2D eigenvalue weighted by molar-refractivity contribution is 5.90. The Morgan fingerprint density at radius 2 is 2.10 bits per heavy atom. The fourth-order valence-corrected chi connectivity index (χ4v) is 2.20. The van der Waals surface area contributed by atoms with Crippen molar-refractivity contribution < 1.29 is 4.79 Å². The molecule has 1 heterocycles. The van der Waals surface area contributed by atoms with Crippen molar-refractivity contribution in [2.75, 3.05) is 11.9 Å². The summed E-state index contributed by atoms with van der Waals surface area (Å²) in [6.07, 6.45) is 0. The van der Waals surface area contributed by atoms with E-state index >= 15 is 0 Å². The van der Waals surface area contributed by atoms with Gasteiger partial charge in [-0.05, 0) is 44.2 Å². The van der Waals surface area contributed by atoms with Gasteiger partial charge in [0.1, 0.15) is 6.54 Å². The summed E-state index contributed by atoms with van der Waals surface area (Å²) in [5, 5.41) is 10.5. The zero-order valence-electron chi connectivity index (χ0n) is 12.8. The van der Waals surface area contributed by atoms with Crippen molar-refractivity contribution in [1.29, 1.82) is 0 Å². The van der Waals surface area contributed by atoms with Gasteiger partial charge in [-0.15, -0.1) is 0 Å². The molecule has 5 nitrogen and oxygen atoms in total. The van der Waals surface area contributed by atoms with Gasteiger partial charge >= 0.3 is 0 Å². The van der Waals surface area contributed by atoms with Crippen LogP contribution in [0.15, 0.2) is 30.3 Å². The minimum atomic E-state index is -0.0678. The van der Waals surface area contributed by atoms with Gasteiger partial charge in [-0.3, -0.25) is 9.48 Å². The van der Waals surface area contributed by atoms with Crippen molar-refractivity contribution in [1.82, 2.24) is 15.1 Å². The zero-order chi connectivity index (χ0) is 15.2. The third kappa shape index (κ3) is 4.43. The van der Waals surface area contributed by atoms with Crippen LogP contribution in [0.4, 0.5) is 5.69 Å². The van der Waals surface area contributed by atoms with Gasteiger partial charge in [0, 0.05) is 17.9 Å². The largest absolute Gasteiger partial charge is 0.324 e. The lowest BCUT2D eigenvalue weighted by molar-refractivity contribution is -0.116. The van der Waals surface area contributed by atoms with Crippen molar-refractivity contribution in [3.8, 4) is 0 Å². The van der Waals surface area contributed by atoms with Crippen LogP contribution in [0.25, 0.3) is 0 Å². The van der Waals surface area contributed by atoms with Gasteiger partial charge in [0.05, 0.1) is 5.69 Å². The molecule has 0 radical (unpaired) electrons. The van der Waals surface area contributed by atoms with E-state index in [0.29, 0.717) is 0 Å². The molecule has 0 saturated heterocycles. The number of nitrogens with one attached hydrogen (secondary N) is 2. The van der Waals surface area contributed by atoms with Gasteiger partial charge < -0.3 is 10.6 Å². The van der Waals surface area contributed by atoms with E-state index in [-0.39, 0.29) is 12.5 Å². The summed E-state index contributed by atoms with van der Waals surface area (Å²) in [5.74, 6) is -0.0678. The van der Waals surface area contributed by atoms with E-state index in [0.717, 1.165) is 35.7 Å². The number of rotatable bonds is 6. The molecule has 2 aromatic rings. The lowest BCUT2D eigenvalue weighted by atomic mass is 10.2. The molecule has 0 spiro atoms. The Morgan fingerprint density at radius 3 is 2.76 bits per heavy atom. The van der Waals surface area contributed by atoms with Crippen molar-refractivity contribution >= 4 is 11.6 Å². The number of hydrogen-bond acceptors (Lipinski definition) is 3. The van der Waals surface area contributed by atoms with Crippen LogP contribution in [0, 0.1) is 13.8 Å². The lowest BCUT2D eigenvalue weighted by Crippen LogP contribution is -2.20. The molecule has 21 heavy (non-hydrogen) atoms. The molecular formula is C16H22N4O. The molecule has 5 heteroatoms. The summed E-state index contributed by atoms with van der Waals surface area (Å²) in [6.45, 7) is 7.90. The molecule has 0 bridgehead atoms. The number of carbonyl (C=O) groups excluding carboxylic acids is 1. The minimum absolute atomic E-state index is 0.0678. The quantitative estimate of drug-likeness (QED) is 0.856.